The van der Waals surface area contributed by atoms with Gasteiger partial charge in [0.05, 0.1) is 23.2 Å². The zero-order chi connectivity index (χ0) is 25.8. The lowest BCUT2D eigenvalue weighted by Gasteiger charge is -2.34. The quantitative estimate of drug-likeness (QED) is 0.326. The molecule has 1 fully saturated rings. The van der Waals surface area contributed by atoms with Gasteiger partial charge in [-0.1, -0.05) is 18.2 Å². The molecule has 0 saturated carbocycles. The van der Waals surface area contributed by atoms with Crippen LogP contribution < -0.4 is 15.5 Å². The maximum atomic E-state index is 11.3. The maximum Gasteiger partial charge on any atom is 0.245 e. The summed E-state index contributed by atoms with van der Waals surface area (Å²) in [6.07, 6.45) is 3.07. The highest BCUT2D eigenvalue weighted by molar-refractivity contribution is 7.90. The summed E-state index contributed by atoms with van der Waals surface area (Å²) in [6, 6.07) is 20.6. The number of benzene rings is 2. The third kappa shape index (κ3) is 6.46. The molecule has 2 aromatic heterocycles. The number of likely N-dealkylation sites (N-methyl/N-ethyl adjacent to an activating group) is 1. The van der Waals surface area contributed by atoms with E-state index in [1.165, 1.54) is 11.9 Å². The molecule has 2 N–H and O–H groups in total. The van der Waals surface area contributed by atoms with Crippen LogP contribution in [0, 0.1) is 0 Å². The minimum Gasteiger partial charge on any atom is -0.369 e. The molecule has 1 aliphatic rings. The number of aromatic nitrogens is 3. The molecule has 1 saturated heterocycles. The van der Waals surface area contributed by atoms with Crippen molar-refractivity contribution in [3.05, 3.63) is 72.4 Å². The predicted molar refractivity (Wildman–Crippen MR) is 149 cm³/mol. The Morgan fingerprint density at radius 2 is 1.76 bits per heavy atom. The Balaban J connectivity index is 1.29. The van der Waals surface area contributed by atoms with E-state index in [1.807, 2.05) is 41.0 Å². The van der Waals surface area contributed by atoms with Crippen molar-refractivity contribution in [1.29, 1.82) is 0 Å². The lowest BCUT2D eigenvalue weighted by atomic mass is 10.1. The Kier molecular flexibility index (Phi) is 7.40. The van der Waals surface area contributed by atoms with E-state index in [2.05, 4.69) is 62.8 Å². The van der Waals surface area contributed by atoms with E-state index in [-0.39, 0.29) is 5.75 Å². The summed E-state index contributed by atoms with van der Waals surface area (Å²) >= 11 is 0. The van der Waals surface area contributed by atoms with Crippen molar-refractivity contribution in [2.45, 2.75) is 6.54 Å². The van der Waals surface area contributed by atoms with Crippen LogP contribution in [0.1, 0.15) is 5.56 Å². The van der Waals surface area contributed by atoms with Crippen molar-refractivity contribution in [2.24, 2.45) is 0 Å². The number of hydrogen-bond donors (Lipinski definition) is 2. The molecule has 2 aromatic carbocycles. The second-order valence-corrected chi connectivity index (χ2v) is 11.9. The standard InChI is InChI=1S/C27H33N7O2S/c1-32-13-15-33(16-14-32)24-8-6-23(7-9-24)30-27-29-20-25-10-11-26(34(25)31-27)22-5-3-4-21(18-22)19-28-12-17-37(2,35)36/h3-11,18,20,28H,12-17,19H2,1-2H3,(H,30,31). The molecule has 5 rings (SSSR count). The number of anilines is 3. The Morgan fingerprint density at radius 3 is 2.51 bits per heavy atom. The first-order valence-corrected chi connectivity index (χ1v) is 14.5. The normalized spacial score (nSPS) is 14.8. The van der Waals surface area contributed by atoms with E-state index in [0.717, 1.165) is 54.2 Å². The summed E-state index contributed by atoms with van der Waals surface area (Å²) in [5, 5.41) is 11.3. The minimum absolute atomic E-state index is 0.126. The Bertz CT molecular complexity index is 1460. The zero-order valence-electron chi connectivity index (χ0n) is 21.3. The highest BCUT2D eigenvalue weighted by Crippen LogP contribution is 2.25. The SMILES string of the molecule is CN1CCN(c2ccc(Nc3ncc4ccc(-c5cccc(CNCCS(C)(=O)=O)c5)n4n3)cc2)CC1. The fourth-order valence-electron chi connectivity index (χ4n) is 4.46. The average Bonchev–Trinajstić information content (AvgIpc) is 3.31. The van der Waals surface area contributed by atoms with Crippen LogP contribution in [-0.4, -0.2) is 79.7 Å². The van der Waals surface area contributed by atoms with Gasteiger partial charge in [-0.15, -0.1) is 5.10 Å². The molecule has 0 atom stereocenters. The summed E-state index contributed by atoms with van der Waals surface area (Å²) in [5.74, 6) is 0.650. The van der Waals surface area contributed by atoms with E-state index < -0.39 is 9.84 Å². The fourth-order valence-corrected chi connectivity index (χ4v) is 4.97. The summed E-state index contributed by atoms with van der Waals surface area (Å²) in [6.45, 7) is 5.26. The van der Waals surface area contributed by atoms with Crippen LogP contribution in [0.15, 0.2) is 66.9 Å². The van der Waals surface area contributed by atoms with Crippen LogP contribution >= 0.6 is 0 Å². The summed E-state index contributed by atoms with van der Waals surface area (Å²) in [5.41, 5.74) is 6.14. The molecule has 0 unspecified atom stereocenters. The molecule has 9 nitrogen and oxygen atoms in total. The van der Waals surface area contributed by atoms with E-state index in [4.69, 9.17) is 5.10 Å². The van der Waals surface area contributed by atoms with Gasteiger partial charge in [-0.3, -0.25) is 0 Å². The second-order valence-electron chi connectivity index (χ2n) is 9.61. The number of nitrogens with zero attached hydrogens (tertiary/aromatic N) is 5. The summed E-state index contributed by atoms with van der Waals surface area (Å²) < 4.78 is 24.6. The topological polar surface area (TPSA) is 94.9 Å². The molecule has 0 aliphatic carbocycles. The van der Waals surface area contributed by atoms with Crippen molar-refractivity contribution in [1.82, 2.24) is 24.8 Å². The third-order valence-electron chi connectivity index (χ3n) is 6.59. The first-order valence-electron chi connectivity index (χ1n) is 12.5. The van der Waals surface area contributed by atoms with Gasteiger partial charge in [-0.25, -0.2) is 17.9 Å². The summed E-state index contributed by atoms with van der Waals surface area (Å²) in [7, 11) is -0.810. The number of fused-ring (bicyclic) bond motifs is 1. The maximum absolute atomic E-state index is 11.3. The largest absolute Gasteiger partial charge is 0.369 e. The van der Waals surface area contributed by atoms with Gasteiger partial charge in [0.1, 0.15) is 9.84 Å². The van der Waals surface area contributed by atoms with Gasteiger partial charge >= 0.3 is 0 Å². The number of nitrogens with one attached hydrogen (secondary N) is 2. The van der Waals surface area contributed by atoms with Crippen molar-refractivity contribution in [3.63, 3.8) is 0 Å². The third-order valence-corrected chi connectivity index (χ3v) is 7.54. The van der Waals surface area contributed by atoms with Crippen LogP contribution in [0.3, 0.4) is 0 Å². The molecule has 4 aromatic rings. The van der Waals surface area contributed by atoms with Gasteiger partial charge < -0.3 is 20.4 Å². The predicted octanol–water partition coefficient (Wildman–Crippen LogP) is 3.03. The van der Waals surface area contributed by atoms with Crippen LogP contribution in [0.2, 0.25) is 0 Å². The first-order chi connectivity index (χ1) is 17.8. The van der Waals surface area contributed by atoms with Gasteiger partial charge in [-0.2, -0.15) is 0 Å². The smallest absolute Gasteiger partial charge is 0.245 e. The number of piperazine rings is 1. The zero-order valence-corrected chi connectivity index (χ0v) is 22.1. The number of sulfone groups is 1. The Hall–Kier alpha value is -3.47. The van der Waals surface area contributed by atoms with E-state index >= 15 is 0 Å². The van der Waals surface area contributed by atoms with Gasteiger partial charge in [0.25, 0.3) is 0 Å². The second kappa shape index (κ2) is 10.9. The van der Waals surface area contributed by atoms with Crippen LogP contribution in [0.25, 0.3) is 16.8 Å². The molecular formula is C27H33N7O2S. The first kappa shape index (κ1) is 25.2. The van der Waals surface area contributed by atoms with Gasteiger partial charge in [0.2, 0.25) is 5.95 Å². The van der Waals surface area contributed by atoms with E-state index in [0.29, 0.717) is 19.0 Å². The molecular weight excluding hydrogens is 486 g/mol. The van der Waals surface area contributed by atoms with Crippen molar-refractivity contribution in [2.75, 3.05) is 62.0 Å². The lowest BCUT2D eigenvalue weighted by molar-refractivity contribution is 0.313. The molecule has 0 radical (unpaired) electrons. The average molecular weight is 520 g/mol. The fraction of sp³-hybridized carbons (Fsp3) is 0.333. The number of rotatable bonds is 9. The van der Waals surface area contributed by atoms with E-state index in [1.54, 1.807) is 0 Å². The number of hydrogen-bond acceptors (Lipinski definition) is 8. The molecule has 0 amide bonds. The van der Waals surface area contributed by atoms with Gasteiger partial charge in [-0.05, 0) is 55.1 Å². The molecule has 194 valence electrons. The Labute approximate surface area is 218 Å². The van der Waals surface area contributed by atoms with Crippen molar-refractivity contribution in [3.8, 4) is 11.3 Å². The summed E-state index contributed by atoms with van der Waals surface area (Å²) in [4.78, 5) is 9.26. The Morgan fingerprint density at radius 1 is 0.973 bits per heavy atom. The molecule has 0 spiro atoms. The molecule has 10 heteroatoms. The molecule has 3 heterocycles. The van der Waals surface area contributed by atoms with Crippen LogP contribution in [0.4, 0.5) is 17.3 Å². The van der Waals surface area contributed by atoms with Gasteiger partial charge in [0, 0.05) is 62.5 Å². The van der Waals surface area contributed by atoms with Crippen molar-refractivity contribution < 1.29 is 8.42 Å². The minimum atomic E-state index is -2.97. The van der Waals surface area contributed by atoms with Gasteiger partial charge in [0.15, 0.2) is 0 Å². The highest BCUT2D eigenvalue weighted by atomic mass is 32.2. The molecule has 1 aliphatic heterocycles. The molecule has 37 heavy (non-hydrogen) atoms. The molecule has 0 bridgehead atoms. The van der Waals surface area contributed by atoms with Crippen LogP contribution in [-0.2, 0) is 16.4 Å². The van der Waals surface area contributed by atoms with Crippen LogP contribution in [0.5, 0.6) is 0 Å². The van der Waals surface area contributed by atoms with E-state index in [9.17, 15) is 8.42 Å². The lowest BCUT2D eigenvalue weighted by Crippen LogP contribution is -2.44. The highest BCUT2D eigenvalue weighted by Gasteiger charge is 2.14. The van der Waals surface area contributed by atoms with Crippen molar-refractivity contribution >= 4 is 32.7 Å². The monoisotopic (exact) mass is 519 g/mol.